The van der Waals surface area contributed by atoms with Crippen LogP contribution in [0.1, 0.15) is 24.4 Å². The van der Waals surface area contributed by atoms with E-state index in [1.807, 2.05) is 4.90 Å². The van der Waals surface area contributed by atoms with E-state index in [9.17, 15) is 33.3 Å². The van der Waals surface area contributed by atoms with Gasteiger partial charge < -0.3 is 30.3 Å². The molecule has 2 aliphatic rings. The average molecular weight is 603 g/mol. The van der Waals surface area contributed by atoms with E-state index in [2.05, 4.69) is 16.0 Å². The molecule has 0 aliphatic carbocycles. The van der Waals surface area contributed by atoms with Gasteiger partial charge in [-0.25, -0.2) is 28.1 Å². The first kappa shape index (κ1) is 31.3. The van der Waals surface area contributed by atoms with Gasteiger partial charge in [0, 0.05) is 45.4 Å². The molecule has 0 bridgehead atoms. The Kier molecular flexibility index (Phi) is 10.2. The zero-order valence-corrected chi connectivity index (χ0v) is 23.6. The number of piperidine rings is 1. The minimum atomic E-state index is -1.43. The molecule has 0 spiro atoms. The van der Waals surface area contributed by atoms with E-state index in [1.54, 1.807) is 18.2 Å². The number of hydrogen-bond acceptors (Lipinski definition) is 9. The van der Waals surface area contributed by atoms with Crippen LogP contribution in [0.15, 0.2) is 53.7 Å². The smallest absolute Gasteiger partial charge is 0.338 e. The lowest BCUT2D eigenvalue weighted by molar-refractivity contribution is -0.384. The van der Waals surface area contributed by atoms with Crippen LogP contribution in [0.4, 0.5) is 29.7 Å². The van der Waals surface area contributed by atoms with Crippen LogP contribution in [0, 0.1) is 21.7 Å². The lowest BCUT2D eigenvalue weighted by atomic mass is 9.93. The number of carbonyl (C=O) groups excluding carboxylic acids is 3. The molecule has 2 aliphatic heterocycles. The average Bonchev–Trinajstić information content (AvgIpc) is 3.00. The van der Waals surface area contributed by atoms with Crippen molar-refractivity contribution in [2.45, 2.75) is 24.9 Å². The number of para-hydroxylation sites is 2. The molecule has 2 heterocycles. The highest BCUT2D eigenvalue weighted by atomic mass is 19.2. The SMILES string of the molecule is COCC1=C(C(=O)OC)C(c2ccc(F)c(F)c2)N(C(=O)NCCNC2CCN(c3ccccc3[N+](=O)[O-])CC2)C(=O)N1. The molecule has 0 aromatic heterocycles. The first-order valence-corrected chi connectivity index (χ1v) is 13.5. The number of hydrogen-bond donors (Lipinski definition) is 3. The monoisotopic (exact) mass is 602 g/mol. The molecule has 3 N–H and O–H groups in total. The van der Waals surface area contributed by atoms with Gasteiger partial charge in [-0.3, -0.25) is 10.1 Å². The summed E-state index contributed by atoms with van der Waals surface area (Å²) in [5, 5.41) is 19.8. The summed E-state index contributed by atoms with van der Waals surface area (Å²) in [5.74, 6) is -3.26. The van der Waals surface area contributed by atoms with Crippen molar-refractivity contribution in [3.63, 3.8) is 0 Å². The summed E-state index contributed by atoms with van der Waals surface area (Å²) in [7, 11) is 2.45. The minimum absolute atomic E-state index is 0.0203. The number of rotatable bonds is 10. The van der Waals surface area contributed by atoms with Crippen LogP contribution in [0.25, 0.3) is 0 Å². The van der Waals surface area contributed by atoms with Crippen LogP contribution in [0.2, 0.25) is 0 Å². The predicted octanol–water partition coefficient (Wildman–Crippen LogP) is 2.98. The van der Waals surface area contributed by atoms with Crippen molar-refractivity contribution in [2.75, 3.05) is 51.9 Å². The van der Waals surface area contributed by atoms with Gasteiger partial charge in [-0.2, -0.15) is 0 Å². The van der Waals surface area contributed by atoms with E-state index < -0.39 is 40.6 Å². The maximum atomic E-state index is 14.2. The number of nitro groups is 1. The normalized spacial score (nSPS) is 17.5. The van der Waals surface area contributed by atoms with Gasteiger partial charge in [0.1, 0.15) is 11.7 Å². The first-order chi connectivity index (χ1) is 20.7. The molecule has 2 aromatic rings. The number of nitro benzene ring substituents is 1. The molecule has 15 heteroatoms. The van der Waals surface area contributed by atoms with E-state index in [-0.39, 0.29) is 41.7 Å². The molecule has 2 aromatic carbocycles. The second-order valence-electron chi connectivity index (χ2n) is 9.89. The van der Waals surface area contributed by atoms with Crippen LogP contribution < -0.4 is 20.9 Å². The molecule has 4 rings (SSSR count). The number of carbonyl (C=O) groups is 3. The molecular weight excluding hydrogens is 570 g/mol. The number of nitrogens with zero attached hydrogens (tertiary/aromatic N) is 3. The second-order valence-corrected chi connectivity index (χ2v) is 9.89. The summed E-state index contributed by atoms with van der Waals surface area (Å²) in [4.78, 5) is 52.8. The van der Waals surface area contributed by atoms with Crippen LogP contribution in [-0.2, 0) is 14.3 Å². The molecule has 43 heavy (non-hydrogen) atoms. The molecule has 1 saturated heterocycles. The van der Waals surface area contributed by atoms with Crippen molar-refractivity contribution in [3.8, 4) is 0 Å². The number of benzene rings is 2. The molecule has 0 radical (unpaired) electrons. The fourth-order valence-electron chi connectivity index (χ4n) is 5.22. The number of amides is 4. The number of anilines is 1. The Morgan fingerprint density at radius 1 is 1.09 bits per heavy atom. The fourth-order valence-corrected chi connectivity index (χ4v) is 5.22. The third kappa shape index (κ3) is 7.06. The zero-order chi connectivity index (χ0) is 31.1. The van der Waals surface area contributed by atoms with Crippen LogP contribution in [0.3, 0.4) is 0 Å². The summed E-state index contributed by atoms with van der Waals surface area (Å²) >= 11 is 0. The Balaban J connectivity index is 1.41. The largest absolute Gasteiger partial charge is 0.466 e. The van der Waals surface area contributed by atoms with Crippen molar-refractivity contribution in [1.82, 2.24) is 20.9 Å². The molecule has 1 atom stereocenters. The highest BCUT2D eigenvalue weighted by molar-refractivity contribution is 6.01. The minimum Gasteiger partial charge on any atom is -0.466 e. The summed E-state index contributed by atoms with van der Waals surface area (Å²) in [6, 6.07) is 6.30. The van der Waals surface area contributed by atoms with Gasteiger partial charge in [-0.05, 0) is 36.6 Å². The molecule has 230 valence electrons. The highest BCUT2D eigenvalue weighted by Gasteiger charge is 2.43. The number of methoxy groups -OCH3 is 2. The molecule has 1 fully saturated rings. The molecule has 13 nitrogen and oxygen atoms in total. The first-order valence-electron chi connectivity index (χ1n) is 13.5. The topological polar surface area (TPSA) is 155 Å². The van der Waals surface area contributed by atoms with Crippen LogP contribution in [0.5, 0.6) is 0 Å². The van der Waals surface area contributed by atoms with Gasteiger partial charge in [0.15, 0.2) is 11.6 Å². The molecule has 1 unspecified atom stereocenters. The van der Waals surface area contributed by atoms with Gasteiger partial charge in [0.2, 0.25) is 0 Å². The lowest BCUT2D eigenvalue weighted by Gasteiger charge is -2.37. The standard InChI is InChI=1S/C28H32F2N6O7/c1-42-16-21-24(26(37)43-2)25(17-7-8-19(29)20(30)15-17)35(28(39)33-21)27(38)32-12-11-31-18-9-13-34(14-10-18)22-5-3-4-6-23(22)36(40)41/h3-8,15,18,25,31H,9-14,16H2,1-2H3,(H,32,38)(H,33,39). The van der Waals surface area contributed by atoms with E-state index in [0.717, 1.165) is 19.2 Å². The van der Waals surface area contributed by atoms with Crippen molar-refractivity contribution in [3.05, 3.63) is 81.0 Å². The number of halogens is 2. The van der Waals surface area contributed by atoms with Crippen molar-refractivity contribution >= 4 is 29.4 Å². The Labute approximate surface area is 245 Å². The van der Waals surface area contributed by atoms with E-state index in [0.29, 0.717) is 43.1 Å². The lowest BCUT2D eigenvalue weighted by Crippen LogP contribution is -2.56. The maximum absolute atomic E-state index is 14.2. The van der Waals surface area contributed by atoms with Gasteiger partial charge >= 0.3 is 18.0 Å². The Morgan fingerprint density at radius 2 is 1.81 bits per heavy atom. The van der Waals surface area contributed by atoms with Gasteiger partial charge in [-0.15, -0.1) is 0 Å². The van der Waals surface area contributed by atoms with Gasteiger partial charge in [0.05, 0.1) is 29.9 Å². The number of urea groups is 2. The number of imide groups is 1. The van der Waals surface area contributed by atoms with Gasteiger partial charge in [-0.1, -0.05) is 18.2 Å². The summed E-state index contributed by atoms with van der Waals surface area (Å²) in [6.45, 7) is 1.42. The Morgan fingerprint density at radius 3 is 2.47 bits per heavy atom. The third-order valence-corrected chi connectivity index (χ3v) is 7.25. The molecule has 4 amide bonds. The zero-order valence-electron chi connectivity index (χ0n) is 23.6. The Bertz CT molecular complexity index is 1410. The summed E-state index contributed by atoms with van der Waals surface area (Å²) in [5.41, 5.74) is 0.448. The predicted molar refractivity (Wildman–Crippen MR) is 150 cm³/mol. The fraction of sp³-hybridized carbons (Fsp3) is 0.393. The third-order valence-electron chi connectivity index (χ3n) is 7.25. The molecular formula is C28H32F2N6O7. The number of nitrogens with one attached hydrogen (secondary N) is 3. The van der Waals surface area contributed by atoms with Crippen molar-refractivity contribution in [1.29, 1.82) is 0 Å². The van der Waals surface area contributed by atoms with E-state index in [4.69, 9.17) is 9.47 Å². The van der Waals surface area contributed by atoms with Crippen molar-refractivity contribution in [2.24, 2.45) is 0 Å². The number of esters is 1. The summed E-state index contributed by atoms with van der Waals surface area (Å²) < 4.78 is 37.9. The number of ether oxygens (including phenoxy) is 2. The van der Waals surface area contributed by atoms with Crippen LogP contribution in [-0.4, -0.2) is 80.9 Å². The second kappa shape index (κ2) is 14.0. The summed E-state index contributed by atoms with van der Waals surface area (Å²) in [6.07, 6.45) is 1.42. The van der Waals surface area contributed by atoms with Crippen LogP contribution >= 0.6 is 0 Å². The molecule has 0 saturated carbocycles. The van der Waals surface area contributed by atoms with Crippen molar-refractivity contribution < 1.29 is 37.6 Å². The highest BCUT2D eigenvalue weighted by Crippen LogP contribution is 2.35. The van der Waals surface area contributed by atoms with E-state index in [1.165, 1.54) is 19.2 Å². The van der Waals surface area contributed by atoms with E-state index >= 15 is 0 Å². The maximum Gasteiger partial charge on any atom is 0.338 e. The quantitative estimate of drug-likeness (QED) is 0.161. The van der Waals surface area contributed by atoms with Gasteiger partial charge in [0.25, 0.3) is 5.69 Å². The Hall–Kier alpha value is -4.63.